The van der Waals surface area contributed by atoms with Crippen molar-refractivity contribution in [2.75, 3.05) is 11.9 Å². The van der Waals surface area contributed by atoms with Gasteiger partial charge < -0.3 is 11.1 Å². The molecule has 0 fully saturated rings. The number of pyridine rings is 1. The van der Waals surface area contributed by atoms with Crippen molar-refractivity contribution in [3.8, 4) is 6.07 Å². The van der Waals surface area contributed by atoms with Gasteiger partial charge in [-0.15, -0.1) is 0 Å². The van der Waals surface area contributed by atoms with Crippen LogP contribution in [0, 0.1) is 11.3 Å². The predicted molar refractivity (Wildman–Crippen MR) is 73.2 cm³/mol. The Bertz CT molecular complexity index is 582. The predicted octanol–water partition coefficient (Wildman–Crippen LogP) is 2.26. The molecule has 1 aromatic heterocycles. The minimum absolute atomic E-state index is 0.169. The molecule has 3 N–H and O–H groups in total. The van der Waals surface area contributed by atoms with Crippen molar-refractivity contribution >= 4 is 16.6 Å². The monoisotopic (exact) mass is 240 g/mol. The average Bonchev–Trinajstić information content (AvgIpc) is 2.44. The number of nitrogens with zero attached hydrogens (tertiary/aromatic N) is 2. The lowest BCUT2D eigenvalue weighted by Gasteiger charge is -2.18. The van der Waals surface area contributed by atoms with Gasteiger partial charge >= 0.3 is 0 Å². The molecule has 0 amide bonds. The molecule has 2 aromatic rings. The first-order valence-electron chi connectivity index (χ1n) is 6.04. The Kier molecular flexibility index (Phi) is 3.75. The Morgan fingerprint density at radius 3 is 2.89 bits per heavy atom. The van der Waals surface area contributed by atoms with Crippen LogP contribution in [0.5, 0.6) is 0 Å². The van der Waals surface area contributed by atoms with Crippen LogP contribution in [-0.2, 0) is 0 Å². The molecule has 18 heavy (non-hydrogen) atoms. The van der Waals surface area contributed by atoms with Gasteiger partial charge in [0, 0.05) is 24.2 Å². The maximum absolute atomic E-state index is 9.17. The van der Waals surface area contributed by atoms with Crippen LogP contribution < -0.4 is 11.1 Å². The summed E-state index contributed by atoms with van der Waals surface area (Å²) in [5.41, 5.74) is 7.98. The van der Waals surface area contributed by atoms with Crippen molar-refractivity contribution in [2.45, 2.75) is 19.4 Å². The van der Waals surface area contributed by atoms with Crippen molar-refractivity contribution in [3.05, 3.63) is 36.0 Å². The number of anilines is 1. The Morgan fingerprint density at radius 2 is 2.22 bits per heavy atom. The standard InChI is InChI=1S/C14H16N4/c1-2-11(8-16)18-14-10(7-15)9-17-13-6-4-3-5-12(13)14/h3-6,9,11H,2,8,16H2,1H3,(H,17,18). The van der Waals surface area contributed by atoms with E-state index in [2.05, 4.69) is 23.3 Å². The number of benzene rings is 1. The number of nitrogens with one attached hydrogen (secondary N) is 1. The number of para-hydroxylation sites is 1. The molecule has 0 saturated heterocycles. The van der Waals surface area contributed by atoms with E-state index in [9.17, 15) is 5.26 Å². The molecule has 0 saturated carbocycles. The van der Waals surface area contributed by atoms with Crippen molar-refractivity contribution < 1.29 is 0 Å². The molecule has 0 aliphatic heterocycles. The summed E-state index contributed by atoms with van der Waals surface area (Å²) in [6.45, 7) is 2.61. The molecular weight excluding hydrogens is 224 g/mol. The van der Waals surface area contributed by atoms with Crippen LogP contribution in [0.4, 0.5) is 5.69 Å². The van der Waals surface area contributed by atoms with Crippen molar-refractivity contribution in [2.24, 2.45) is 5.73 Å². The van der Waals surface area contributed by atoms with E-state index < -0.39 is 0 Å². The highest BCUT2D eigenvalue weighted by atomic mass is 14.9. The molecule has 0 spiro atoms. The first-order chi connectivity index (χ1) is 8.80. The summed E-state index contributed by atoms with van der Waals surface area (Å²) in [6.07, 6.45) is 2.52. The number of rotatable bonds is 4. The van der Waals surface area contributed by atoms with Gasteiger partial charge in [-0.2, -0.15) is 5.26 Å². The third-order valence-electron chi connectivity index (χ3n) is 3.02. The van der Waals surface area contributed by atoms with Gasteiger partial charge in [-0.3, -0.25) is 4.98 Å². The summed E-state index contributed by atoms with van der Waals surface area (Å²) in [6, 6.07) is 10.1. The molecule has 0 aliphatic rings. The lowest BCUT2D eigenvalue weighted by atomic mass is 10.1. The van der Waals surface area contributed by atoms with Crippen molar-refractivity contribution in [1.29, 1.82) is 5.26 Å². The zero-order chi connectivity index (χ0) is 13.0. The maximum atomic E-state index is 9.17. The number of aromatic nitrogens is 1. The van der Waals surface area contributed by atoms with Crippen molar-refractivity contribution in [1.82, 2.24) is 4.98 Å². The van der Waals surface area contributed by atoms with Gasteiger partial charge in [0.2, 0.25) is 0 Å². The molecule has 4 heteroatoms. The van der Waals surface area contributed by atoms with Gasteiger partial charge in [-0.1, -0.05) is 25.1 Å². The van der Waals surface area contributed by atoms with E-state index in [4.69, 9.17) is 5.73 Å². The lowest BCUT2D eigenvalue weighted by molar-refractivity contribution is 0.704. The first kappa shape index (κ1) is 12.3. The van der Waals surface area contributed by atoms with Crippen LogP contribution in [-0.4, -0.2) is 17.6 Å². The van der Waals surface area contributed by atoms with E-state index in [1.54, 1.807) is 6.20 Å². The van der Waals surface area contributed by atoms with Gasteiger partial charge in [0.15, 0.2) is 0 Å². The summed E-state index contributed by atoms with van der Waals surface area (Å²) in [5.74, 6) is 0. The van der Waals surface area contributed by atoms with E-state index in [1.165, 1.54) is 0 Å². The highest BCUT2D eigenvalue weighted by molar-refractivity contribution is 5.93. The van der Waals surface area contributed by atoms with Crippen LogP contribution in [0.3, 0.4) is 0 Å². The summed E-state index contributed by atoms with van der Waals surface area (Å²) in [7, 11) is 0. The summed E-state index contributed by atoms with van der Waals surface area (Å²) >= 11 is 0. The summed E-state index contributed by atoms with van der Waals surface area (Å²) < 4.78 is 0. The van der Waals surface area contributed by atoms with E-state index in [0.29, 0.717) is 12.1 Å². The molecule has 1 heterocycles. The quantitative estimate of drug-likeness (QED) is 0.859. The summed E-state index contributed by atoms with van der Waals surface area (Å²) in [5, 5.41) is 13.5. The third-order valence-corrected chi connectivity index (χ3v) is 3.02. The fourth-order valence-electron chi connectivity index (χ4n) is 1.91. The van der Waals surface area contributed by atoms with Crippen molar-refractivity contribution in [3.63, 3.8) is 0 Å². The highest BCUT2D eigenvalue weighted by Gasteiger charge is 2.11. The second-order valence-electron chi connectivity index (χ2n) is 4.16. The fraction of sp³-hybridized carbons (Fsp3) is 0.286. The van der Waals surface area contributed by atoms with Gasteiger partial charge in [-0.25, -0.2) is 0 Å². The molecule has 0 bridgehead atoms. The first-order valence-corrected chi connectivity index (χ1v) is 6.04. The normalized spacial score (nSPS) is 12.1. The number of hydrogen-bond donors (Lipinski definition) is 2. The topological polar surface area (TPSA) is 74.7 Å². The third kappa shape index (κ3) is 2.27. The van der Waals surface area contributed by atoms with Crippen LogP contribution in [0.1, 0.15) is 18.9 Å². The van der Waals surface area contributed by atoms with Gasteiger partial charge in [0.05, 0.1) is 16.8 Å². The maximum Gasteiger partial charge on any atom is 0.103 e. The summed E-state index contributed by atoms with van der Waals surface area (Å²) in [4.78, 5) is 4.28. The fourth-order valence-corrected chi connectivity index (χ4v) is 1.91. The van der Waals surface area contributed by atoms with E-state index >= 15 is 0 Å². The van der Waals surface area contributed by atoms with Crippen LogP contribution >= 0.6 is 0 Å². The second-order valence-corrected chi connectivity index (χ2v) is 4.16. The molecule has 1 unspecified atom stereocenters. The second kappa shape index (κ2) is 5.48. The van der Waals surface area contributed by atoms with Crippen LogP contribution in [0.2, 0.25) is 0 Å². The minimum atomic E-state index is 0.169. The molecular formula is C14H16N4. The SMILES string of the molecule is CCC(CN)Nc1c(C#N)cnc2ccccc12. The van der Waals surface area contributed by atoms with Gasteiger partial charge in [0.25, 0.3) is 0 Å². The van der Waals surface area contributed by atoms with E-state index in [1.807, 2.05) is 24.3 Å². The average molecular weight is 240 g/mol. The largest absolute Gasteiger partial charge is 0.379 e. The molecule has 0 radical (unpaired) electrons. The molecule has 2 rings (SSSR count). The Hall–Kier alpha value is -2.12. The molecule has 4 nitrogen and oxygen atoms in total. The Labute approximate surface area is 106 Å². The van der Waals surface area contributed by atoms with E-state index in [-0.39, 0.29) is 6.04 Å². The number of nitrogens with two attached hydrogens (primary N) is 1. The molecule has 92 valence electrons. The smallest absolute Gasteiger partial charge is 0.103 e. The van der Waals surface area contributed by atoms with Gasteiger partial charge in [-0.05, 0) is 12.5 Å². The Balaban J connectivity index is 2.55. The molecule has 1 atom stereocenters. The zero-order valence-electron chi connectivity index (χ0n) is 10.4. The molecule has 0 aliphatic carbocycles. The van der Waals surface area contributed by atoms with E-state index in [0.717, 1.165) is 23.0 Å². The lowest BCUT2D eigenvalue weighted by Crippen LogP contribution is -2.28. The van der Waals surface area contributed by atoms with Gasteiger partial charge in [0.1, 0.15) is 6.07 Å². The highest BCUT2D eigenvalue weighted by Crippen LogP contribution is 2.26. The molecule has 1 aromatic carbocycles. The Morgan fingerprint density at radius 1 is 1.44 bits per heavy atom. The number of nitriles is 1. The van der Waals surface area contributed by atoms with Crippen LogP contribution in [0.15, 0.2) is 30.5 Å². The zero-order valence-corrected chi connectivity index (χ0v) is 10.4. The minimum Gasteiger partial charge on any atom is -0.379 e. The number of fused-ring (bicyclic) bond motifs is 1. The number of hydrogen-bond acceptors (Lipinski definition) is 4. The van der Waals surface area contributed by atoms with Crippen LogP contribution in [0.25, 0.3) is 10.9 Å².